The Labute approximate surface area is 192 Å². The van der Waals surface area contributed by atoms with Gasteiger partial charge in [0, 0.05) is 28.9 Å². The van der Waals surface area contributed by atoms with Gasteiger partial charge in [0.2, 0.25) is 0 Å². The van der Waals surface area contributed by atoms with Gasteiger partial charge in [-0.25, -0.2) is 4.98 Å². The van der Waals surface area contributed by atoms with Crippen molar-refractivity contribution >= 4 is 29.2 Å². The van der Waals surface area contributed by atoms with Gasteiger partial charge in [-0.3, -0.25) is 4.99 Å². The van der Waals surface area contributed by atoms with Crippen LogP contribution in [-0.2, 0) is 6.54 Å². The number of aliphatic imine (C=N–C) groups is 1. The Hall–Kier alpha value is -3.63. The van der Waals surface area contributed by atoms with Crippen LogP contribution in [0.4, 0.5) is 5.82 Å². The fourth-order valence-electron chi connectivity index (χ4n) is 4.10. The SMILES string of the molecule is Nc1cccc(Cn2c(-c3ccc(C4=CCC=NC4)cc3)ccc2-c2ccccc2Cl)n1. The molecule has 5 heteroatoms. The molecule has 0 bridgehead atoms. The third-order valence-electron chi connectivity index (χ3n) is 5.69. The first kappa shape index (κ1) is 20.3. The highest BCUT2D eigenvalue weighted by Crippen LogP contribution is 2.34. The maximum atomic E-state index is 6.55. The van der Waals surface area contributed by atoms with Crippen LogP contribution in [0.1, 0.15) is 17.7 Å². The number of anilines is 1. The van der Waals surface area contributed by atoms with Crippen molar-refractivity contribution in [2.24, 2.45) is 4.99 Å². The van der Waals surface area contributed by atoms with Gasteiger partial charge in [-0.2, -0.15) is 0 Å². The lowest BCUT2D eigenvalue weighted by atomic mass is 10.0. The molecule has 0 atom stereocenters. The van der Waals surface area contributed by atoms with E-state index in [-0.39, 0.29) is 0 Å². The molecular formula is C27H23ClN4. The smallest absolute Gasteiger partial charge is 0.123 e. The van der Waals surface area contributed by atoms with Crippen molar-refractivity contribution in [3.05, 3.63) is 101 Å². The number of aromatic nitrogens is 2. The lowest BCUT2D eigenvalue weighted by Gasteiger charge is -2.16. The van der Waals surface area contributed by atoms with E-state index in [0.717, 1.165) is 46.2 Å². The molecule has 0 fully saturated rings. The Morgan fingerprint density at radius 2 is 1.62 bits per heavy atom. The van der Waals surface area contributed by atoms with Gasteiger partial charge in [-0.05, 0) is 47.0 Å². The summed E-state index contributed by atoms with van der Waals surface area (Å²) in [6.07, 6.45) is 5.10. The number of allylic oxidation sites excluding steroid dienone is 1. The zero-order valence-corrected chi connectivity index (χ0v) is 18.3. The largest absolute Gasteiger partial charge is 0.384 e. The van der Waals surface area contributed by atoms with Gasteiger partial charge in [0.25, 0.3) is 0 Å². The number of nitrogen functional groups attached to an aromatic ring is 1. The molecule has 2 N–H and O–H groups in total. The quantitative estimate of drug-likeness (QED) is 0.394. The van der Waals surface area contributed by atoms with Crippen LogP contribution in [0, 0.1) is 0 Å². The maximum absolute atomic E-state index is 6.55. The number of nitrogens with zero attached hydrogens (tertiary/aromatic N) is 3. The van der Waals surface area contributed by atoms with Crippen LogP contribution in [-0.4, -0.2) is 22.3 Å². The molecule has 3 heterocycles. The first-order valence-corrected chi connectivity index (χ1v) is 11.0. The number of dihydropyridines is 1. The summed E-state index contributed by atoms with van der Waals surface area (Å²) >= 11 is 6.55. The van der Waals surface area contributed by atoms with Gasteiger partial charge >= 0.3 is 0 Å². The Balaban J connectivity index is 1.57. The fraction of sp³-hybridized carbons (Fsp3) is 0.111. The second-order valence-electron chi connectivity index (χ2n) is 7.79. The number of halogens is 1. The molecule has 32 heavy (non-hydrogen) atoms. The minimum atomic E-state index is 0.517. The van der Waals surface area contributed by atoms with Gasteiger partial charge in [0.1, 0.15) is 5.82 Å². The molecule has 158 valence electrons. The Morgan fingerprint density at radius 1 is 0.844 bits per heavy atom. The summed E-state index contributed by atoms with van der Waals surface area (Å²) in [7, 11) is 0. The standard InChI is InChI=1S/C27H23ClN4/c28-24-8-2-1-7-23(24)26-15-14-25(32(26)18-22-6-3-9-27(29)31-22)20-12-10-19(11-13-20)21-5-4-16-30-17-21/h1-3,5-16H,4,17-18H2,(H2,29,31). The summed E-state index contributed by atoms with van der Waals surface area (Å²) < 4.78 is 2.25. The first-order valence-electron chi connectivity index (χ1n) is 10.6. The van der Waals surface area contributed by atoms with Crippen molar-refractivity contribution in [3.8, 4) is 22.5 Å². The summed E-state index contributed by atoms with van der Waals surface area (Å²) in [6.45, 7) is 1.34. The molecule has 1 aliphatic rings. The van der Waals surface area contributed by atoms with E-state index in [9.17, 15) is 0 Å². The van der Waals surface area contributed by atoms with E-state index >= 15 is 0 Å². The monoisotopic (exact) mass is 438 g/mol. The molecule has 2 aromatic carbocycles. The second kappa shape index (κ2) is 8.85. The average Bonchev–Trinajstić information content (AvgIpc) is 3.23. The zero-order chi connectivity index (χ0) is 21.9. The molecular weight excluding hydrogens is 416 g/mol. The summed E-state index contributed by atoms with van der Waals surface area (Å²) in [5.74, 6) is 0.517. The van der Waals surface area contributed by atoms with Crippen LogP contribution in [0.15, 0.2) is 89.9 Å². The minimum Gasteiger partial charge on any atom is -0.384 e. The van der Waals surface area contributed by atoms with Crippen molar-refractivity contribution in [3.63, 3.8) is 0 Å². The molecule has 1 aliphatic heterocycles. The van der Waals surface area contributed by atoms with Crippen LogP contribution in [0.2, 0.25) is 5.02 Å². The minimum absolute atomic E-state index is 0.517. The predicted molar refractivity (Wildman–Crippen MR) is 134 cm³/mol. The van der Waals surface area contributed by atoms with Crippen LogP contribution in [0.3, 0.4) is 0 Å². The third-order valence-corrected chi connectivity index (χ3v) is 6.02. The summed E-state index contributed by atoms with van der Waals surface area (Å²) in [6, 6.07) is 26.6. The Morgan fingerprint density at radius 3 is 2.38 bits per heavy atom. The van der Waals surface area contributed by atoms with Crippen LogP contribution in [0.25, 0.3) is 28.1 Å². The van der Waals surface area contributed by atoms with E-state index in [1.54, 1.807) is 6.07 Å². The van der Waals surface area contributed by atoms with Crippen LogP contribution in [0.5, 0.6) is 0 Å². The van der Waals surface area contributed by atoms with Crippen molar-refractivity contribution in [2.45, 2.75) is 13.0 Å². The summed E-state index contributed by atoms with van der Waals surface area (Å²) in [4.78, 5) is 8.92. The molecule has 5 rings (SSSR count). The highest BCUT2D eigenvalue weighted by atomic mass is 35.5. The van der Waals surface area contributed by atoms with E-state index in [0.29, 0.717) is 12.4 Å². The van der Waals surface area contributed by atoms with E-state index < -0.39 is 0 Å². The molecule has 0 saturated carbocycles. The van der Waals surface area contributed by atoms with Gasteiger partial charge in [-0.1, -0.05) is 66.2 Å². The van der Waals surface area contributed by atoms with Gasteiger partial charge in [0.05, 0.1) is 24.5 Å². The van der Waals surface area contributed by atoms with Crippen molar-refractivity contribution in [1.82, 2.24) is 9.55 Å². The van der Waals surface area contributed by atoms with Gasteiger partial charge in [0.15, 0.2) is 0 Å². The lowest BCUT2D eigenvalue weighted by Crippen LogP contribution is -2.06. The number of pyridine rings is 1. The molecule has 0 aliphatic carbocycles. The summed E-state index contributed by atoms with van der Waals surface area (Å²) in [5.41, 5.74) is 13.6. The number of rotatable bonds is 5. The normalized spacial score (nSPS) is 13.2. The number of hydrogen-bond donors (Lipinski definition) is 1. The molecule has 2 aromatic heterocycles. The highest BCUT2D eigenvalue weighted by Gasteiger charge is 2.15. The Kier molecular flexibility index (Phi) is 5.61. The molecule has 0 unspecified atom stereocenters. The van der Waals surface area contributed by atoms with Crippen LogP contribution < -0.4 is 5.73 Å². The number of hydrogen-bond acceptors (Lipinski definition) is 3. The van der Waals surface area contributed by atoms with E-state index in [1.165, 1.54) is 11.1 Å². The Bertz CT molecular complexity index is 1320. The van der Waals surface area contributed by atoms with E-state index in [2.05, 4.69) is 57.0 Å². The van der Waals surface area contributed by atoms with Crippen molar-refractivity contribution < 1.29 is 0 Å². The van der Waals surface area contributed by atoms with E-state index in [1.807, 2.05) is 42.6 Å². The van der Waals surface area contributed by atoms with Gasteiger partial charge in [-0.15, -0.1) is 0 Å². The topological polar surface area (TPSA) is 56.2 Å². The summed E-state index contributed by atoms with van der Waals surface area (Å²) in [5, 5.41) is 0.721. The average molecular weight is 439 g/mol. The number of benzene rings is 2. The molecule has 0 saturated heterocycles. The second-order valence-corrected chi connectivity index (χ2v) is 8.20. The van der Waals surface area contributed by atoms with Crippen molar-refractivity contribution in [2.75, 3.05) is 12.3 Å². The molecule has 4 nitrogen and oxygen atoms in total. The van der Waals surface area contributed by atoms with Gasteiger partial charge < -0.3 is 10.3 Å². The van der Waals surface area contributed by atoms with Crippen molar-refractivity contribution in [1.29, 1.82) is 0 Å². The van der Waals surface area contributed by atoms with E-state index in [4.69, 9.17) is 17.3 Å². The molecule has 4 aromatic rings. The maximum Gasteiger partial charge on any atom is 0.123 e. The lowest BCUT2D eigenvalue weighted by molar-refractivity contribution is 0.797. The first-order chi connectivity index (χ1) is 15.7. The molecule has 0 radical (unpaired) electrons. The molecule has 0 amide bonds. The number of nitrogens with two attached hydrogens (primary N) is 1. The van der Waals surface area contributed by atoms with Crippen LogP contribution >= 0.6 is 11.6 Å². The zero-order valence-electron chi connectivity index (χ0n) is 17.6. The predicted octanol–water partition coefficient (Wildman–Crippen LogP) is 6.36. The highest BCUT2D eigenvalue weighted by molar-refractivity contribution is 6.33. The fourth-order valence-corrected chi connectivity index (χ4v) is 4.34. The third kappa shape index (κ3) is 4.10. The molecule has 0 spiro atoms.